The third-order valence-corrected chi connectivity index (χ3v) is 2.83. The maximum Gasteiger partial charge on any atom is 0.147 e. The molecule has 0 aliphatic heterocycles. The highest BCUT2D eigenvalue weighted by atomic mass is 35.5. The molecule has 1 rings (SSSR count). The first-order valence-electron chi connectivity index (χ1n) is 4.53. The summed E-state index contributed by atoms with van der Waals surface area (Å²) in [5.41, 5.74) is 0.801. The van der Waals surface area contributed by atoms with Gasteiger partial charge in [-0.3, -0.25) is 4.90 Å². The molecule has 0 unspecified atom stereocenters. The first-order valence-corrected chi connectivity index (χ1v) is 5.06. The second-order valence-electron chi connectivity index (χ2n) is 4.00. The molecule has 4 heteroatoms. The third kappa shape index (κ3) is 2.22. The summed E-state index contributed by atoms with van der Waals surface area (Å²) in [5, 5.41) is 0. The van der Waals surface area contributed by atoms with Gasteiger partial charge < -0.3 is 0 Å². The minimum atomic E-state index is -0.148. The molecule has 0 radical (unpaired) electrons. The zero-order chi connectivity index (χ0) is 10.8. The maximum atomic E-state index is 5.67. The Labute approximate surface area is 90.1 Å². The van der Waals surface area contributed by atoms with E-state index < -0.39 is 0 Å². The van der Waals surface area contributed by atoms with Gasteiger partial charge in [-0.15, -0.1) is 11.6 Å². The van der Waals surface area contributed by atoms with Gasteiger partial charge >= 0.3 is 0 Å². The van der Waals surface area contributed by atoms with Crippen LogP contribution in [0.2, 0.25) is 0 Å². The number of halogens is 1. The Hall–Kier alpha value is -0.670. The second kappa shape index (κ2) is 4.24. The standard InChI is InChI=1S/C10H16ClN3/c1-10(2,14(3)4)9-12-6-8(5-11)7-13-9/h6-7H,5H2,1-4H3. The van der Waals surface area contributed by atoms with Gasteiger partial charge in [-0.2, -0.15) is 0 Å². The smallest absolute Gasteiger partial charge is 0.147 e. The zero-order valence-electron chi connectivity index (χ0n) is 9.08. The van der Waals surface area contributed by atoms with Crippen molar-refractivity contribution in [3.8, 4) is 0 Å². The van der Waals surface area contributed by atoms with Crippen molar-refractivity contribution >= 4 is 11.6 Å². The van der Waals surface area contributed by atoms with E-state index >= 15 is 0 Å². The van der Waals surface area contributed by atoms with E-state index in [-0.39, 0.29) is 5.54 Å². The van der Waals surface area contributed by atoms with Gasteiger partial charge in [-0.05, 0) is 27.9 Å². The van der Waals surface area contributed by atoms with Crippen molar-refractivity contribution in [2.45, 2.75) is 25.3 Å². The summed E-state index contributed by atoms with van der Waals surface area (Å²) >= 11 is 5.67. The van der Waals surface area contributed by atoms with Crippen LogP contribution < -0.4 is 0 Å². The monoisotopic (exact) mass is 213 g/mol. The normalized spacial score (nSPS) is 12.1. The van der Waals surface area contributed by atoms with Crippen molar-refractivity contribution in [1.82, 2.24) is 14.9 Å². The molecule has 1 heterocycles. The fourth-order valence-electron chi connectivity index (χ4n) is 0.940. The van der Waals surface area contributed by atoms with Crippen LogP contribution in [0, 0.1) is 0 Å². The molecule has 0 bridgehead atoms. The highest BCUT2D eigenvalue weighted by Crippen LogP contribution is 2.21. The molecule has 0 saturated heterocycles. The average Bonchev–Trinajstić information content (AvgIpc) is 2.17. The van der Waals surface area contributed by atoms with E-state index in [0.717, 1.165) is 11.4 Å². The maximum absolute atomic E-state index is 5.67. The molecule has 0 atom stereocenters. The van der Waals surface area contributed by atoms with Crippen LogP contribution in [-0.4, -0.2) is 29.0 Å². The molecule has 0 aliphatic rings. The molecule has 0 fully saturated rings. The van der Waals surface area contributed by atoms with E-state index in [0.29, 0.717) is 5.88 Å². The van der Waals surface area contributed by atoms with Gasteiger partial charge in [0.25, 0.3) is 0 Å². The number of hydrogen-bond donors (Lipinski definition) is 0. The van der Waals surface area contributed by atoms with E-state index in [9.17, 15) is 0 Å². The van der Waals surface area contributed by atoms with E-state index in [1.54, 1.807) is 12.4 Å². The van der Waals surface area contributed by atoms with Crippen molar-refractivity contribution in [2.24, 2.45) is 0 Å². The number of aromatic nitrogens is 2. The summed E-state index contributed by atoms with van der Waals surface area (Å²) in [6, 6.07) is 0. The predicted octanol–water partition coefficient (Wildman–Crippen LogP) is 2.01. The molecule has 78 valence electrons. The molecular formula is C10H16ClN3. The Kier molecular flexibility index (Phi) is 3.45. The van der Waals surface area contributed by atoms with Crippen LogP contribution in [-0.2, 0) is 11.4 Å². The zero-order valence-corrected chi connectivity index (χ0v) is 9.84. The quantitative estimate of drug-likeness (QED) is 0.720. The van der Waals surface area contributed by atoms with Crippen LogP contribution in [0.1, 0.15) is 25.2 Å². The van der Waals surface area contributed by atoms with E-state index in [1.807, 2.05) is 14.1 Å². The van der Waals surface area contributed by atoms with Gasteiger partial charge in [0.1, 0.15) is 5.82 Å². The Morgan fingerprint density at radius 1 is 1.29 bits per heavy atom. The topological polar surface area (TPSA) is 29.0 Å². The molecule has 1 aromatic heterocycles. The SMILES string of the molecule is CN(C)C(C)(C)c1ncc(CCl)cn1. The third-order valence-electron chi connectivity index (χ3n) is 2.52. The summed E-state index contributed by atoms with van der Waals surface area (Å²) in [4.78, 5) is 10.7. The Morgan fingerprint density at radius 3 is 2.14 bits per heavy atom. The van der Waals surface area contributed by atoms with Gasteiger partial charge in [0.05, 0.1) is 11.4 Å². The lowest BCUT2D eigenvalue weighted by Gasteiger charge is -2.30. The summed E-state index contributed by atoms with van der Waals surface area (Å²) in [7, 11) is 4.03. The number of hydrogen-bond acceptors (Lipinski definition) is 3. The fourth-order valence-corrected chi connectivity index (χ4v) is 1.08. The lowest BCUT2D eigenvalue weighted by molar-refractivity contribution is 0.185. The summed E-state index contributed by atoms with van der Waals surface area (Å²) in [5.74, 6) is 1.28. The van der Waals surface area contributed by atoms with Crippen LogP contribution in [0.4, 0.5) is 0 Å². The van der Waals surface area contributed by atoms with Crippen LogP contribution in [0.5, 0.6) is 0 Å². The second-order valence-corrected chi connectivity index (χ2v) is 4.27. The average molecular weight is 214 g/mol. The first kappa shape index (κ1) is 11.4. The highest BCUT2D eigenvalue weighted by Gasteiger charge is 2.25. The largest absolute Gasteiger partial charge is 0.298 e. The molecule has 1 aromatic rings. The molecule has 0 saturated carbocycles. The highest BCUT2D eigenvalue weighted by molar-refractivity contribution is 6.17. The van der Waals surface area contributed by atoms with Gasteiger partial charge in [0.2, 0.25) is 0 Å². The molecule has 0 amide bonds. The van der Waals surface area contributed by atoms with Crippen LogP contribution in [0.15, 0.2) is 12.4 Å². The number of rotatable bonds is 3. The molecule has 0 spiro atoms. The van der Waals surface area contributed by atoms with Crippen molar-refractivity contribution in [1.29, 1.82) is 0 Å². The summed E-state index contributed by atoms with van der Waals surface area (Å²) in [6.07, 6.45) is 3.56. The first-order chi connectivity index (χ1) is 6.48. The molecule has 0 aliphatic carbocycles. The van der Waals surface area contributed by atoms with E-state index in [1.165, 1.54) is 0 Å². The number of nitrogens with zero attached hydrogens (tertiary/aromatic N) is 3. The van der Waals surface area contributed by atoms with E-state index in [4.69, 9.17) is 11.6 Å². The van der Waals surface area contributed by atoms with Crippen LogP contribution in [0.3, 0.4) is 0 Å². The van der Waals surface area contributed by atoms with Gasteiger partial charge in [0.15, 0.2) is 0 Å². The summed E-state index contributed by atoms with van der Waals surface area (Å²) in [6.45, 7) is 4.17. The van der Waals surface area contributed by atoms with Crippen molar-refractivity contribution in [2.75, 3.05) is 14.1 Å². The molecule has 14 heavy (non-hydrogen) atoms. The van der Waals surface area contributed by atoms with Gasteiger partial charge in [0, 0.05) is 18.0 Å². The molecule has 0 N–H and O–H groups in total. The predicted molar refractivity (Wildman–Crippen MR) is 58.3 cm³/mol. The lowest BCUT2D eigenvalue weighted by atomic mass is 10.0. The van der Waals surface area contributed by atoms with Crippen molar-refractivity contribution < 1.29 is 0 Å². The fraction of sp³-hybridized carbons (Fsp3) is 0.600. The Balaban J connectivity index is 2.97. The van der Waals surface area contributed by atoms with Crippen LogP contribution in [0.25, 0.3) is 0 Å². The molecule has 3 nitrogen and oxygen atoms in total. The van der Waals surface area contributed by atoms with Crippen molar-refractivity contribution in [3.05, 3.63) is 23.8 Å². The molecule has 0 aromatic carbocycles. The van der Waals surface area contributed by atoms with Crippen molar-refractivity contribution in [3.63, 3.8) is 0 Å². The molecular weight excluding hydrogens is 198 g/mol. The van der Waals surface area contributed by atoms with E-state index in [2.05, 4.69) is 28.7 Å². The van der Waals surface area contributed by atoms with Gasteiger partial charge in [-0.25, -0.2) is 9.97 Å². The number of alkyl halides is 1. The summed E-state index contributed by atoms with van der Waals surface area (Å²) < 4.78 is 0. The van der Waals surface area contributed by atoms with Gasteiger partial charge in [-0.1, -0.05) is 0 Å². The lowest BCUT2D eigenvalue weighted by Crippen LogP contribution is -2.37. The van der Waals surface area contributed by atoms with Crippen LogP contribution >= 0.6 is 11.6 Å². The minimum Gasteiger partial charge on any atom is -0.298 e. The Morgan fingerprint density at radius 2 is 1.79 bits per heavy atom. The minimum absolute atomic E-state index is 0.148. The Bertz CT molecular complexity index is 293.